The number of H-pyrrole nitrogens is 1. The fourth-order valence-electron chi connectivity index (χ4n) is 2.11. The summed E-state index contributed by atoms with van der Waals surface area (Å²) < 4.78 is 0. The average Bonchev–Trinajstić information content (AvgIpc) is 2.72. The van der Waals surface area contributed by atoms with Crippen LogP contribution >= 0.6 is 0 Å². The van der Waals surface area contributed by atoms with Gasteiger partial charge in [-0.05, 0) is 38.5 Å². The van der Waals surface area contributed by atoms with Crippen molar-refractivity contribution >= 4 is 23.2 Å². The second-order valence-corrected chi connectivity index (χ2v) is 4.97. The lowest BCUT2D eigenvalue weighted by Crippen LogP contribution is -2.15. The molecule has 3 N–H and O–H groups in total. The molecule has 0 saturated carbocycles. The van der Waals surface area contributed by atoms with Gasteiger partial charge >= 0.3 is 0 Å². The van der Waals surface area contributed by atoms with Crippen molar-refractivity contribution in [1.29, 1.82) is 0 Å². The summed E-state index contributed by atoms with van der Waals surface area (Å²) in [4.78, 5) is 23.4. The van der Waals surface area contributed by atoms with E-state index in [0.29, 0.717) is 22.6 Å². The van der Waals surface area contributed by atoms with Crippen molar-refractivity contribution in [3.8, 4) is 0 Å². The molecule has 0 radical (unpaired) electrons. The molecule has 6 nitrogen and oxygen atoms in total. The van der Waals surface area contributed by atoms with Gasteiger partial charge in [-0.2, -0.15) is 5.10 Å². The normalized spacial score (nSPS) is 10.3. The summed E-state index contributed by atoms with van der Waals surface area (Å²) >= 11 is 0. The highest BCUT2D eigenvalue weighted by molar-refractivity contribution is 6.06. The van der Waals surface area contributed by atoms with Crippen LogP contribution < -0.4 is 10.6 Å². The molecule has 0 saturated heterocycles. The van der Waals surface area contributed by atoms with Crippen molar-refractivity contribution in [1.82, 2.24) is 10.2 Å². The monoisotopic (exact) mass is 286 g/mol. The van der Waals surface area contributed by atoms with Gasteiger partial charge in [0.25, 0.3) is 5.91 Å². The third kappa shape index (κ3) is 3.28. The van der Waals surface area contributed by atoms with Crippen LogP contribution in [0.1, 0.15) is 34.2 Å². The quantitative estimate of drug-likeness (QED) is 0.810. The summed E-state index contributed by atoms with van der Waals surface area (Å²) in [6.07, 6.45) is 0. The Morgan fingerprint density at radius 2 is 1.86 bits per heavy atom. The molecule has 0 fully saturated rings. The Bertz CT molecular complexity index is 684. The van der Waals surface area contributed by atoms with Crippen LogP contribution in [0.3, 0.4) is 0 Å². The van der Waals surface area contributed by atoms with Crippen LogP contribution in [0.2, 0.25) is 0 Å². The predicted octanol–water partition coefficient (Wildman–Crippen LogP) is 2.55. The first-order valence-electron chi connectivity index (χ1n) is 6.59. The molecule has 2 rings (SSSR count). The maximum atomic E-state index is 12.3. The van der Waals surface area contributed by atoms with Crippen LogP contribution in [0.15, 0.2) is 18.2 Å². The van der Waals surface area contributed by atoms with Crippen LogP contribution in [0.5, 0.6) is 0 Å². The summed E-state index contributed by atoms with van der Waals surface area (Å²) in [6, 6.07) is 5.37. The molecule has 1 aromatic heterocycles. The zero-order valence-corrected chi connectivity index (χ0v) is 12.5. The van der Waals surface area contributed by atoms with Crippen molar-refractivity contribution < 1.29 is 9.59 Å². The molecule has 1 heterocycles. The Morgan fingerprint density at radius 3 is 2.43 bits per heavy atom. The topological polar surface area (TPSA) is 86.9 Å². The number of anilines is 2. The number of hydrogen-bond donors (Lipinski definition) is 3. The number of rotatable bonds is 3. The number of aromatic amines is 1. The summed E-state index contributed by atoms with van der Waals surface area (Å²) in [5.41, 5.74) is 4.13. The maximum Gasteiger partial charge on any atom is 0.259 e. The van der Waals surface area contributed by atoms with Gasteiger partial charge in [0, 0.05) is 24.0 Å². The molecule has 0 unspecified atom stereocenters. The summed E-state index contributed by atoms with van der Waals surface area (Å²) in [6.45, 7) is 6.91. The Kier molecular flexibility index (Phi) is 4.07. The number of hydrogen-bond acceptors (Lipinski definition) is 3. The van der Waals surface area contributed by atoms with Crippen molar-refractivity contribution in [2.75, 3.05) is 10.6 Å². The zero-order chi connectivity index (χ0) is 15.6. The average molecular weight is 286 g/mol. The van der Waals surface area contributed by atoms with Gasteiger partial charge in [0.2, 0.25) is 5.91 Å². The van der Waals surface area contributed by atoms with Crippen LogP contribution in [0, 0.1) is 20.8 Å². The van der Waals surface area contributed by atoms with Gasteiger partial charge in [0.1, 0.15) is 0 Å². The molecule has 1 aromatic carbocycles. The second kappa shape index (κ2) is 5.78. The highest BCUT2D eigenvalue weighted by Gasteiger charge is 2.16. The van der Waals surface area contributed by atoms with Crippen LogP contribution in [0.25, 0.3) is 0 Å². The van der Waals surface area contributed by atoms with E-state index in [0.717, 1.165) is 11.3 Å². The van der Waals surface area contributed by atoms with Crippen molar-refractivity contribution in [3.63, 3.8) is 0 Å². The molecule has 0 bridgehead atoms. The number of aromatic nitrogens is 2. The smallest absolute Gasteiger partial charge is 0.259 e. The number of aryl methyl sites for hydroxylation is 3. The number of amides is 2. The van der Waals surface area contributed by atoms with Crippen molar-refractivity contribution in [3.05, 3.63) is 40.7 Å². The van der Waals surface area contributed by atoms with Crippen LogP contribution in [-0.4, -0.2) is 22.0 Å². The molecular formula is C15H18N4O2. The Morgan fingerprint density at radius 1 is 1.14 bits per heavy atom. The minimum atomic E-state index is -0.221. The van der Waals surface area contributed by atoms with E-state index in [1.165, 1.54) is 6.92 Å². The van der Waals surface area contributed by atoms with Gasteiger partial charge in [0.15, 0.2) is 0 Å². The number of nitrogens with one attached hydrogen (secondary N) is 3. The first-order chi connectivity index (χ1) is 9.88. The molecular weight excluding hydrogens is 268 g/mol. The maximum absolute atomic E-state index is 12.3. The largest absolute Gasteiger partial charge is 0.326 e. The first kappa shape index (κ1) is 14.8. The minimum Gasteiger partial charge on any atom is -0.326 e. The first-order valence-corrected chi connectivity index (χ1v) is 6.59. The van der Waals surface area contributed by atoms with Gasteiger partial charge in [0.05, 0.1) is 11.3 Å². The number of carbonyl (C=O) groups is 2. The molecule has 0 spiro atoms. The predicted molar refractivity (Wildman–Crippen MR) is 81.5 cm³/mol. The fourth-order valence-corrected chi connectivity index (χ4v) is 2.11. The van der Waals surface area contributed by atoms with Gasteiger partial charge in [-0.25, -0.2) is 0 Å². The fraction of sp³-hybridized carbons (Fsp3) is 0.267. The molecule has 0 aliphatic heterocycles. The summed E-state index contributed by atoms with van der Waals surface area (Å²) in [5, 5.41) is 12.4. The lowest BCUT2D eigenvalue weighted by Gasteiger charge is -2.11. The highest BCUT2D eigenvalue weighted by atomic mass is 16.2. The summed E-state index contributed by atoms with van der Waals surface area (Å²) in [7, 11) is 0. The second-order valence-electron chi connectivity index (χ2n) is 4.97. The van der Waals surface area contributed by atoms with Gasteiger partial charge < -0.3 is 10.6 Å². The highest BCUT2D eigenvalue weighted by Crippen LogP contribution is 2.22. The zero-order valence-electron chi connectivity index (χ0n) is 12.5. The number of benzene rings is 1. The van der Waals surface area contributed by atoms with Crippen LogP contribution in [0.4, 0.5) is 11.4 Å². The van der Waals surface area contributed by atoms with E-state index in [2.05, 4.69) is 20.8 Å². The Hall–Kier alpha value is -2.63. The lowest BCUT2D eigenvalue weighted by molar-refractivity contribution is -0.114. The van der Waals surface area contributed by atoms with E-state index in [-0.39, 0.29) is 11.8 Å². The Balaban J connectivity index is 2.26. The minimum absolute atomic E-state index is 0.155. The third-order valence-corrected chi connectivity index (χ3v) is 3.16. The van der Waals surface area contributed by atoms with Crippen LogP contribution in [-0.2, 0) is 4.79 Å². The lowest BCUT2D eigenvalue weighted by atomic mass is 10.1. The van der Waals surface area contributed by atoms with Crippen molar-refractivity contribution in [2.45, 2.75) is 27.7 Å². The van der Waals surface area contributed by atoms with E-state index in [9.17, 15) is 9.59 Å². The third-order valence-electron chi connectivity index (χ3n) is 3.16. The van der Waals surface area contributed by atoms with E-state index >= 15 is 0 Å². The molecule has 2 amide bonds. The van der Waals surface area contributed by atoms with Gasteiger partial charge in [-0.3, -0.25) is 14.7 Å². The molecule has 0 aliphatic rings. The van der Waals surface area contributed by atoms with Gasteiger partial charge in [-0.15, -0.1) is 0 Å². The Labute approximate surface area is 122 Å². The van der Waals surface area contributed by atoms with Gasteiger partial charge in [-0.1, -0.05) is 6.07 Å². The number of carbonyl (C=O) groups excluding carboxylic acids is 2. The molecule has 2 aromatic rings. The van der Waals surface area contributed by atoms with E-state index < -0.39 is 0 Å². The summed E-state index contributed by atoms with van der Waals surface area (Å²) in [5.74, 6) is -0.375. The molecule has 21 heavy (non-hydrogen) atoms. The number of nitrogens with zero attached hydrogens (tertiary/aromatic N) is 1. The molecule has 6 heteroatoms. The molecule has 0 aliphatic carbocycles. The van der Waals surface area contributed by atoms with Crippen molar-refractivity contribution in [2.24, 2.45) is 0 Å². The standard InChI is InChI=1S/C15H18N4O2/c1-8-5-6-12(16-11(4)20)7-13(8)17-15(21)14-9(2)18-19-10(14)3/h5-7H,1-4H3,(H,16,20)(H,17,21)(H,18,19). The van der Waals surface area contributed by atoms with E-state index in [1.807, 2.05) is 13.0 Å². The SMILES string of the molecule is CC(=O)Nc1ccc(C)c(NC(=O)c2c(C)n[nH]c2C)c1. The van der Waals surface area contributed by atoms with E-state index in [4.69, 9.17) is 0 Å². The molecule has 110 valence electrons. The molecule has 0 atom stereocenters. The van der Waals surface area contributed by atoms with E-state index in [1.54, 1.807) is 26.0 Å².